The van der Waals surface area contributed by atoms with Gasteiger partial charge in [-0.25, -0.2) is 0 Å². The van der Waals surface area contributed by atoms with Crippen LogP contribution in [0.2, 0.25) is 0 Å². The Bertz CT molecular complexity index is 629. The summed E-state index contributed by atoms with van der Waals surface area (Å²) in [7, 11) is 0. The van der Waals surface area contributed by atoms with E-state index in [-0.39, 0.29) is 11.7 Å². The lowest BCUT2D eigenvalue weighted by molar-refractivity contribution is -0.119. The molecular weight excluding hydrogens is 270 g/mol. The topological polar surface area (TPSA) is 46.2 Å². The molecule has 2 rings (SSSR count). The van der Waals surface area contributed by atoms with Crippen molar-refractivity contribution in [1.82, 2.24) is 5.32 Å². The highest BCUT2D eigenvalue weighted by Gasteiger charge is 2.06. The molecule has 1 amide bonds. The molecular formula is C16H15NO2S. The third-order valence-corrected chi connectivity index (χ3v) is 3.74. The summed E-state index contributed by atoms with van der Waals surface area (Å²) in [4.78, 5) is 24.5. The van der Waals surface area contributed by atoms with Crippen LogP contribution in [0, 0.1) is 0 Å². The van der Waals surface area contributed by atoms with Crippen LogP contribution < -0.4 is 5.32 Å². The zero-order valence-corrected chi connectivity index (χ0v) is 11.9. The second kappa shape index (κ2) is 6.82. The van der Waals surface area contributed by atoms with Crippen LogP contribution in [0.25, 0.3) is 6.08 Å². The Hall–Kier alpha value is -2.20. The van der Waals surface area contributed by atoms with Crippen molar-refractivity contribution < 1.29 is 9.59 Å². The predicted molar refractivity (Wildman–Crippen MR) is 81.6 cm³/mol. The van der Waals surface area contributed by atoms with Gasteiger partial charge in [-0.2, -0.15) is 0 Å². The van der Waals surface area contributed by atoms with Gasteiger partial charge >= 0.3 is 0 Å². The lowest BCUT2D eigenvalue weighted by Crippen LogP contribution is -2.18. The van der Waals surface area contributed by atoms with Gasteiger partial charge < -0.3 is 5.32 Å². The van der Waals surface area contributed by atoms with Crippen LogP contribution in [0.4, 0.5) is 0 Å². The summed E-state index contributed by atoms with van der Waals surface area (Å²) in [6, 6.07) is 13.3. The fourth-order valence-corrected chi connectivity index (χ4v) is 2.50. The highest BCUT2D eigenvalue weighted by Crippen LogP contribution is 2.17. The van der Waals surface area contributed by atoms with Crippen LogP contribution >= 0.6 is 11.3 Å². The van der Waals surface area contributed by atoms with Crippen LogP contribution in [-0.2, 0) is 11.3 Å². The number of ketones is 1. The lowest BCUT2D eigenvalue weighted by Gasteiger charge is -1.97. The number of rotatable bonds is 5. The van der Waals surface area contributed by atoms with Gasteiger partial charge in [-0.15, -0.1) is 11.3 Å². The number of allylic oxidation sites excluding steroid dienone is 1. The molecule has 1 aromatic carbocycles. The molecule has 1 heterocycles. The monoisotopic (exact) mass is 285 g/mol. The molecule has 0 aliphatic heterocycles. The largest absolute Gasteiger partial charge is 0.351 e. The van der Waals surface area contributed by atoms with E-state index < -0.39 is 0 Å². The predicted octanol–water partition coefficient (Wildman–Crippen LogP) is 3.28. The maximum absolute atomic E-state index is 12.0. The molecule has 0 atom stereocenters. The molecule has 0 saturated carbocycles. The maximum Gasteiger partial charge on any atom is 0.217 e. The first-order chi connectivity index (χ1) is 9.65. The van der Waals surface area contributed by atoms with Gasteiger partial charge in [0, 0.05) is 11.8 Å². The number of amides is 1. The quantitative estimate of drug-likeness (QED) is 0.677. The van der Waals surface area contributed by atoms with Crippen molar-refractivity contribution in [2.24, 2.45) is 0 Å². The Kier molecular flexibility index (Phi) is 4.85. The SMILES string of the molecule is CC(=O)NCc1ccc(C(=O)/C=C/c2ccccc2)s1. The Morgan fingerprint density at radius 1 is 1.15 bits per heavy atom. The van der Waals surface area contributed by atoms with E-state index in [1.54, 1.807) is 18.2 Å². The molecule has 0 fully saturated rings. The third-order valence-electron chi connectivity index (χ3n) is 2.64. The molecule has 3 nitrogen and oxygen atoms in total. The van der Waals surface area contributed by atoms with Crippen molar-refractivity contribution in [1.29, 1.82) is 0 Å². The summed E-state index contributed by atoms with van der Waals surface area (Å²) in [6.07, 6.45) is 3.37. The fourth-order valence-electron chi connectivity index (χ4n) is 1.64. The minimum atomic E-state index is -0.0738. The van der Waals surface area contributed by atoms with Gasteiger partial charge in [0.2, 0.25) is 5.91 Å². The first-order valence-corrected chi connectivity index (χ1v) is 7.07. The van der Waals surface area contributed by atoms with E-state index in [0.717, 1.165) is 10.4 Å². The lowest BCUT2D eigenvalue weighted by atomic mass is 10.2. The average Bonchev–Trinajstić information content (AvgIpc) is 2.92. The van der Waals surface area contributed by atoms with Crippen molar-refractivity contribution in [3.63, 3.8) is 0 Å². The minimum absolute atomic E-state index is 0.0204. The minimum Gasteiger partial charge on any atom is -0.351 e. The Labute approximate surface area is 122 Å². The molecule has 0 saturated heterocycles. The van der Waals surface area contributed by atoms with Gasteiger partial charge in [0.15, 0.2) is 5.78 Å². The average molecular weight is 285 g/mol. The summed E-state index contributed by atoms with van der Waals surface area (Å²) in [5.74, 6) is -0.0943. The first kappa shape index (κ1) is 14.2. The van der Waals surface area contributed by atoms with Gasteiger partial charge in [0.25, 0.3) is 0 Å². The van der Waals surface area contributed by atoms with E-state index in [1.807, 2.05) is 36.4 Å². The number of carbonyl (C=O) groups excluding carboxylic acids is 2. The molecule has 0 radical (unpaired) electrons. The zero-order valence-electron chi connectivity index (χ0n) is 11.1. The highest BCUT2D eigenvalue weighted by atomic mass is 32.1. The molecule has 1 N–H and O–H groups in total. The Morgan fingerprint density at radius 3 is 2.60 bits per heavy atom. The van der Waals surface area contributed by atoms with E-state index in [2.05, 4.69) is 5.32 Å². The zero-order chi connectivity index (χ0) is 14.4. The molecule has 0 bridgehead atoms. The standard InChI is InChI=1S/C16H15NO2S/c1-12(18)17-11-14-8-10-16(20-14)15(19)9-7-13-5-3-2-4-6-13/h2-10H,11H2,1H3,(H,17,18)/b9-7+. The van der Waals surface area contributed by atoms with Crippen LogP contribution in [0.1, 0.15) is 27.0 Å². The summed E-state index contributed by atoms with van der Waals surface area (Å²) < 4.78 is 0. The fraction of sp³-hybridized carbons (Fsp3) is 0.125. The summed E-state index contributed by atoms with van der Waals surface area (Å²) in [5, 5.41) is 2.71. The van der Waals surface area contributed by atoms with Crippen molar-refractivity contribution >= 4 is 29.1 Å². The van der Waals surface area contributed by atoms with Gasteiger partial charge in [-0.05, 0) is 23.8 Å². The van der Waals surface area contributed by atoms with Crippen LogP contribution in [0.5, 0.6) is 0 Å². The van der Waals surface area contributed by atoms with Crippen LogP contribution in [0.3, 0.4) is 0 Å². The number of benzene rings is 1. The molecule has 0 spiro atoms. The molecule has 0 unspecified atom stereocenters. The first-order valence-electron chi connectivity index (χ1n) is 6.26. The van der Waals surface area contributed by atoms with Crippen molar-refractivity contribution in [3.05, 3.63) is 63.9 Å². The maximum atomic E-state index is 12.0. The number of nitrogens with one attached hydrogen (secondary N) is 1. The number of thiophene rings is 1. The van der Waals surface area contributed by atoms with Crippen molar-refractivity contribution in [3.8, 4) is 0 Å². The molecule has 4 heteroatoms. The van der Waals surface area contributed by atoms with Crippen molar-refractivity contribution in [2.45, 2.75) is 13.5 Å². The third kappa shape index (κ3) is 4.17. The molecule has 1 aromatic heterocycles. The molecule has 0 aliphatic rings. The van der Waals surface area contributed by atoms with E-state index in [4.69, 9.17) is 0 Å². The van der Waals surface area contributed by atoms with Gasteiger partial charge in [-0.1, -0.05) is 36.4 Å². The summed E-state index contributed by atoms with van der Waals surface area (Å²) in [6.45, 7) is 1.94. The van der Waals surface area contributed by atoms with Gasteiger partial charge in [0.05, 0.1) is 11.4 Å². The molecule has 0 aliphatic carbocycles. The summed E-state index contributed by atoms with van der Waals surface area (Å²) >= 11 is 1.40. The number of hydrogen-bond donors (Lipinski definition) is 1. The van der Waals surface area contributed by atoms with E-state index in [1.165, 1.54) is 18.3 Å². The van der Waals surface area contributed by atoms with Gasteiger partial charge in [-0.3, -0.25) is 9.59 Å². The highest BCUT2D eigenvalue weighted by molar-refractivity contribution is 7.14. The van der Waals surface area contributed by atoms with Crippen LogP contribution in [-0.4, -0.2) is 11.7 Å². The smallest absolute Gasteiger partial charge is 0.217 e. The van der Waals surface area contributed by atoms with E-state index in [0.29, 0.717) is 11.4 Å². The summed E-state index contributed by atoms with van der Waals surface area (Å²) in [5.41, 5.74) is 0.996. The molecule has 2 aromatic rings. The Morgan fingerprint density at radius 2 is 1.90 bits per heavy atom. The number of carbonyl (C=O) groups is 2. The van der Waals surface area contributed by atoms with E-state index >= 15 is 0 Å². The second-order valence-corrected chi connectivity index (χ2v) is 5.45. The molecule has 20 heavy (non-hydrogen) atoms. The normalized spacial score (nSPS) is 10.7. The second-order valence-electron chi connectivity index (χ2n) is 4.28. The van der Waals surface area contributed by atoms with Crippen LogP contribution in [0.15, 0.2) is 48.5 Å². The molecule has 102 valence electrons. The Balaban J connectivity index is 1.99. The van der Waals surface area contributed by atoms with Crippen molar-refractivity contribution in [2.75, 3.05) is 0 Å². The number of hydrogen-bond acceptors (Lipinski definition) is 3. The van der Waals surface area contributed by atoms with E-state index in [9.17, 15) is 9.59 Å². The van der Waals surface area contributed by atoms with Gasteiger partial charge in [0.1, 0.15) is 0 Å².